The molecule has 1 amide bonds. The van der Waals surface area contributed by atoms with Gasteiger partial charge in [0.2, 0.25) is 11.8 Å². The van der Waals surface area contributed by atoms with Gasteiger partial charge in [0.25, 0.3) is 0 Å². The summed E-state index contributed by atoms with van der Waals surface area (Å²) >= 11 is 0. The van der Waals surface area contributed by atoms with Crippen LogP contribution in [0.5, 0.6) is 0 Å². The van der Waals surface area contributed by atoms with E-state index in [1.54, 1.807) is 24.1 Å². The Bertz CT molecular complexity index is 746. The maximum Gasteiger partial charge on any atom is 0.230 e. The van der Waals surface area contributed by atoms with Gasteiger partial charge in [0.15, 0.2) is 0 Å². The van der Waals surface area contributed by atoms with Gasteiger partial charge in [-0.25, -0.2) is 4.98 Å². The van der Waals surface area contributed by atoms with Crippen molar-refractivity contribution in [3.8, 4) is 11.5 Å². The molecule has 0 saturated heterocycles. The minimum Gasteiger partial charge on any atom is -0.444 e. The zero-order valence-electron chi connectivity index (χ0n) is 11.5. The number of benzene rings is 1. The highest BCUT2D eigenvalue weighted by Crippen LogP contribution is 2.18. The maximum atomic E-state index is 11.9. The Kier molecular flexibility index (Phi) is 3.51. The summed E-state index contributed by atoms with van der Waals surface area (Å²) in [4.78, 5) is 16.2. The average Bonchev–Trinajstić information content (AvgIpc) is 3.09. The molecular weight excluding hydrogens is 268 g/mol. The summed E-state index contributed by atoms with van der Waals surface area (Å²) in [6.07, 6.45) is 4.99. The van der Waals surface area contributed by atoms with Gasteiger partial charge >= 0.3 is 0 Å². The van der Waals surface area contributed by atoms with Gasteiger partial charge in [0, 0.05) is 18.8 Å². The molecule has 2 heterocycles. The molecule has 0 aliphatic rings. The van der Waals surface area contributed by atoms with E-state index in [0.717, 1.165) is 5.56 Å². The molecule has 1 aromatic carbocycles. The van der Waals surface area contributed by atoms with Gasteiger partial charge in [-0.1, -0.05) is 18.2 Å². The lowest BCUT2D eigenvalue weighted by Gasteiger charge is -1.99. The molecule has 0 spiro atoms. The van der Waals surface area contributed by atoms with Gasteiger partial charge in [0.1, 0.15) is 6.26 Å². The second-order valence-electron chi connectivity index (χ2n) is 4.64. The van der Waals surface area contributed by atoms with E-state index in [9.17, 15) is 4.79 Å². The second-order valence-corrected chi connectivity index (χ2v) is 4.64. The molecule has 6 nitrogen and oxygen atoms in total. The fourth-order valence-corrected chi connectivity index (χ4v) is 1.96. The molecule has 0 aliphatic heterocycles. The fourth-order valence-electron chi connectivity index (χ4n) is 1.96. The molecule has 0 atom stereocenters. The number of nitrogens with zero attached hydrogens (tertiary/aromatic N) is 3. The van der Waals surface area contributed by atoms with Crippen LogP contribution in [-0.2, 0) is 18.3 Å². The molecule has 0 radical (unpaired) electrons. The highest BCUT2D eigenvalue weighted by Gasteiger charge is 2.11. The van der Waals surface area contributed by atoms with E-state index in [1.165, 1.54) is 6.26 Å². The Hall–Kier alpha value is -2.89. The van der Waals surface area contributed by atoms with Crippen LogP contribution < -0.4 is 5.32 Å². The molecule has 106 valence electrons. The van der Waals surface area contributed by atoms with Crippen molar-refractivity contribution in [1.82, 2.24) is 14.8 Å². The van der Waals surface area contributed by atoms with E-state index in [2.05, 4.69) is 15.4 Å². The first-order chi connectivity index (χ1) is 10.2. The number of anilines is 1. The van der Waals surface area contributed by atoms with Crippen molar-refractivity contribution in [2.75, 3.05) is 5.32 Å². The van der Waals surface area contributed by atoms with Gasteiger partial charge in [-0.3, -0.25) is 9.48 Å². The summed E-state index contributed by atoms with van der Waals surface area (Å²) in [5.74, 6) is 0.357. The van der Waals surface area contributed by atoms with Crippen molar-refractivity contribution in [3.05, 3.63) is 54.7 Å². The largest absolute Gasteiger partial charge is 0.444 e. The topological polar surface area (TPSA) is 73.0 Å². The first kappa shape index (κ1) is 13.1. The number of aryl methyl sites for hydroxylation is 1. The van der Waals surface area contributed by atoms with Crippen LogP contribution in [0.2, 0.25) is 0 Å². The summed E-state index contributed by atoms with van der Waals surface area (Å²) < 4.78 is 7.02. The lowest BCUT2D eigenvalue weighted by atomic mass is 10.2. The molecule has 21 heavy (non-hydrogen) atoms. The summed E-state index contributed by atoms with van der Waals surface area (Å²) in [5, 5.41) is 6.74. The first-order valence-electron chi connectivity index (χ1n) is 6.49. The van der Waals surface area contributed by atoms with Crippen LogP contribution in [0.3, 0.4) is 0 Å². The lowest BCUT2D eigenvalue weighted by molar-refractivity contribution is -0.115. The zero-order valence-corrected chi connectivity index (χ0v) is 11.5. The highest BCUT2D eigenvalue weighted by atomic mass is 16.3. The Balaban J connectivity index is 1.66. The summed E-state index contributed by atoms with van der Waals surface area (Å²) in [7, 11) is 1.79. The average molecular weight is 282 g/mol. The number of carbonyl (C=O) groups is 1. The van der Waals surface area contributed by atoms with E-state index < -0.39 is 0 Å². The molecule has 1 N–H and O–H groups in total. The summed E-state index contributed by atoms with van der Waals surface area (Å²) in [6.45, 7) is 0. The van der Waals surface area contributed by atoms with Crippen molar-refractivity contribution >= 4 is 11.6 Å². The van der Waals surface area contributed by atoms with E-state index in [1.807, 2.05) is 30.3 Å². The van der Waals surface area contributed by atoms with Crippen LogP contribution in [0.25, 0.3) is 11.5 Å². The molecule has 3 aromatic rings. The molecule has 0 bridgehead atoms. The summed E-state index contributed by atoms with van der Waals surface area (Å²) in [6, 6.07) is 9.56. The quantitative estimate of drug-likeness (QED) is 0.796. The molecule has 2 aromatic heterocycles. The van der Waals surface area contributed by atoms with Gasteiger partial charge in [-0.05, 0) is 12.1 Å². The zero-order chi connectivity index (χ0) is 14.7. The van der Waals surface area contributed by atoms with Gasteiger partial charge in [-0.2, -0.15) is 5.10 Å². The fraction of sp³-hybridized carbons (Fsp3) is 0.133. The summed E-state index contributed by atoms with van der Waals surface area (Å²) in [5.41, 5.74) is 2.14. The maximum absolute atomic E-state index is 11.9. The lowest BCUT2D eigenvalue weighted by Crippen LogP contribution is -2.14. The third-order valence-electron chi connectivity index (χ3n) is 2.90. The minimum absolute atomic E-state index is 0.157. The van der Waals surface area contributed by atoms with Crippen molar-refractivity contribution in [2.45, 2.75) is 6.42 Å². The van der Waals surface area contributed by atoms with Crippen molar-refractivity contribution in [3.63, 3.8) is 0 Å². The number of aromatic nitrogens is 3. The standard InChI is InChI=1S/C15H14N4O2/c1-19-9-13(8-16-19)17-14(20)7-12-10-21-15(18-12)11-5-3-2-4-6-11/h2-6,8-10H,7H2,1H3,(H,17,20). The number of rotatable bonds is 4. The number of nitrogens with one attached hydrogen (secondary N) is 1. The van der Waals surface area contributed by atoms with E-state index in [0.29, 0.717) is 17.3 Å². The number of oxazole rings is 1. The molecule has 0 saturated carbocycles. The van der Waals surface area contributed by atoms with Crippen molar-refractivity contribution in [2.24, 2.45) is 7.05 Å². The monoisotopic (exact) mass is 282 g/mol. The second kappa shape index (κ2) is 5.62. The Morgan fingerprint density at radius 2 is 2.14 bits per heavy atom. The van der Waals surface area contributed by atoms with Gasteiger partial charge in [0.05, 0.1) is 24.0 Å². The predicted molar refractivity (Wildman–Crippen MR) is 77.5 cm³/mol. The Morgan fingerprint density at radius 1 is 1.33 bits per heavy atom. The molecular formula is C15H14N4O2. The van der Waals surface area contributed by atoms with Gasteiger partial charge in [-0.15, -0.1) is 0 Å². The van der Waals surface area contributed by atoms with Crippen LogP contribution >= 0.6 is 0 Å². The predicted octanol–water partition coefficient (Wildman–Crippen LogP) is 2.26. The third kappa shape index (κ3) is 3.17. The molecule has 0 unspecified atom stereocenters. The molecule has 0 aliphatic carbocycles. The Labute approximate surface area is 121 Å². The van der Waals surface area contributed by atoms with Crippen LogP contribution in [0.1, 0.15) is 5.69 Å². The normalized spacial score (nSPS) is 10.5. The van der Waals surface area contributed by atoms with Crippen LogP contribution in [0.15, 0.2) is 53.4 Å². The van der Waals surface area contributed by atoms with Gasteiger partial charge < -0.3 is 9.73 Å². The number of amides is 1. The van der Waals surface area contributed by atoms with E-state index >= 15 is 0 Å². The van der Waals surface area contributed by atoms with Crippen molar-refractivity contribution in [1.29, 1.82) is 0 Å². The number of hydrogen-bond donors (Lipinski definition) is 1. The third-order valence-corrected chi connectivity index (χ3v) is 2.90. The number of carbonyl (C=O) groups excluding carboxylic acids is 1. The minimum atomic E-state index is -0.157. The molecule has 0 fully saturated rings. The van der Waals surface area contributed by atoms with Crippen LogP contribution in [0.4, 0.5) is 5.69 Å². The van der Waals surface area contributed by atoms with E-state index in [4.69, 9.17) is 4.42 Å². The van der Waals surface area contributed by atoms with Crippen LogP contribution in [-0.4, -0.2) is 20.7 Å². The van der Waals surface area contributed by atoms with Crippen molar-refractivity contribution < 1.29 is 9.21 Å². The van der Waals surface area contributed by atoms with E-state index in [-0.39, 0.29) is 12.3 Å². The Morgan fingerprint density at radius 3 is 2.86 bits per heavy atom. The smallest absolute Gasteiger partial charge is 0.230 e. The first-order valence-corrected chi connectivity index (χ1v) is 6.49. The number of hydrogen-bond acceptors (Lipinski definition) is 4. The van der Waals surface area contributed by atoms with Crippen LogP contribution in [0, 0.1) is 0 Å². The molecule has 6 heteroatoms. The highest BCUT2D eigenvalue weighted by molar-refractivity contribution is 5.91. The molecule has 3 rings (SSSR count). The SMILES string of the molecule is Cn1cc(NC(=O)Cc2coc(-c3ccccc3)n2)cn1.